The number of furan rings is 1. The topological polar surface area (TPSA) is 69.9 Å². The third kappa shape index (κ3) is 3.59. The van der Waals surface area contributed by atoms with Crippen molar-refractivity contribution in [3.63, 3.8) is 0 Å². The van der Waals surface area contributed by atoms with Crippen LogP contribution in [0.1, 0.15) is 22.2 Å². The van der Waals surface area contributed by atoms with Gasteiger partial charge in [-0.3, -0.25) is 4.79 Å². The second-order valence-corrected chi connectivity index (χ2v) is 4.52. The molecule has 0 aliphatic rings. The van der Waals surface area contributed by atoms with E-state index in [1.165, 1.54) is 7.11 Å². The highest BCUT2D eigenvalue weighted by atomic mass is 16.5. The number of nitrogens with one attached hydrogen (secondary N) is 1. The molecule has 0 saturated heterocycles. The summed E-state index contributed by atoms with van der Waals surface area (Å²) in [7, 11) is 4.64. The van der Waals surface area contributed by atoms with Gasteiger partial charge in [0.05, 0.1) is 27.0 Å². The molecule has 1 unspecified atom stereocenters. The molecular formula is C16H19NO5. The molecule has 1 amide bonds. The molecule has 2 aromatic rings. The third-order valence-electron chi connectivity index (χ3n) is 3.24. The molecule has 22 heavy (non-hydrogen) atoms. The lowest BCUT2D eigenvalue weighted by molar-refractivity contribution is 0.0738. The maximum absolute atomic E-state index is 12.2. The summed E-state index contributed by atoms with van der Waals surface area (Å²) in [6, 6.07) is 8.57. The Hall–Kier alpha value is -2.47. The highest BCUT2D eigenvalue weighted by Gasteiger charge is 2.16. The summed E-state index contributed by atoms with van der Waals surface area (Å²) in [5.41, 5.74) is 0.479. The van der Waals surface area contributed by atoms with E-state index in [-0.39, 0.29) is 12.0 Å². The Kier molecular flexibility index (Phi) is 5.43. The van der Waals surface area contributed by atoms with Gasteiger partial charge in [0.2, 0.25) is 0 Å². The molecule has 6 heteroatoms. The van der Waals surface area contributed by atoms with E-state index in [2.05, 4.69) is 5.32 Å². The van der Waals surface area contributed by atoms with Crippen LogP contribution in [0.5, 0.6) is 11.5 Å². The first-order chi connectivity index (χ1) is 10.7. The highest BCUT2D eigenvalue weighted by Crippen LogP contribution is 2.27. The molecule has 1 heterocycles. The Labute approximate surface area is 129 Å². The fourth-order valence-corrected chi connectivity index (χ4v) is 2.04. The van der Waals surface area contributed by atoms with Gasteiger partial charge in [-0.1, -0.05) is 0 Å². The molecule has 0 aliphatic heterocycles. The molecule has 0 fully saturated rings. The average molecular weight is 305 g/mol. The monoisotopic (exact) mass is 305 g/mol. The molecule has 0 aliphatic carbocycles. The van der Waals surface area contributed by atoms with Crippen LogP contribution >= 0.6 is 0 Å². The van der Waals surface area contributed by atoms with Crippen LogP contribution in [0, 0.1) is 0 Å². The predicted molar refractivity (Wildman–Crippen MR) is 80.3 cm³/mol. The summed E-state index contributed by atoms with van der Waals surface area (Å²) in [4.78, 5) is 12.2. The van der Waals surface area contributed by atoms with Crippen LogP contribution in [0.2, 0.25) is 0 Å². The Bertz CT molecular complexity index is 609. The number of ether oxygens (including phenoxy) is 3. The first kappa shape index (κ1) is 15.9. The molecule has 1 aromatic carbocycles. The summed E-state index contributed by atoms with van der Waals surface area (Å²) in [6.45, 7) is 0.303. The lowest BCUT2D eigenvalue weighted by atomic mass is 10.2. The quantitative estimate of drug-likeness (QED) is 0.850. The van der Waals surface area contributed by atoms with E-state index in [0.29, 0.717) is 29.4 Å². The van der Waals surface area contributed by atoms with Crippen molar-refractivity contribution in [3.8, 4) is 11.5 Å². The van der Waals surface area contributed by atoms with E-state index >= 15 is 0 Å². The molecule has 2 rings (SSSR count). The Balaban J connectivity index is 2.03. The van der Waals surface area contributed by atoms with Crippen molar-refractivity contribution in [1.29, 1.82) is 0 Å². The number of carbonyl (C=O) groups is 1. The summed E-state index contributed by atoms with van der Waals surface area (Å²) in [5, 5.41) is 2.81. The Morgan fingerprint density at radius 3 is 2.55 bits per heavy atom. The van der Waals surface area contributed by atoms with E-state index in [1.54, 1.807) is 50.8 Å². The van der Waals surface area contributed by atoms with Crippen molar-refractivity contribution in [2.75, 3.05) is 27.9 Å². The van der Waals surface area contributed by atoms with Gasteiger partial charge in [0, 0.05) is 12.7 Å². The van der Waals surface area contributed by atoms with Gasteiger partial charge in [0.25, 0.3) is 5.91 Å². The number of carbonyl (C=O) groups excluding carboxylic acids is 1. The van der Waals surface area contributed by atoms with Crippen molar-refractivity contribution in [1.82, 2.24) is 5.32 Å². The van der Waals surface area contributed by atoms with Crippen LogP contribution in [0.3, 0.4) is 0 Å². The van der Waals surface area contributed by atoms with E-state index in [9.17, 15) is 4.79 Å². The Morgan fingerprint density at radius 1 is 1.18 bits per heavy atom. The highest BCUT2D eigenvalue weighted by molar-refractivity contribution is 5.94. The zero-order valence-corrected chi connectivity index (χ0v) is 12.8. The molecule has 1 atom stereocenters. The molecule has 0 spiro atoms. The zero-order valence-electron chi connectivity index (χ0n) is 12.8. The second-order valence-electron chi connectivity index (χ2n) is 4.52. The van der Waals surface area contributed by atoms with Crippen LogP contribution in [0.25, 0.3) is 0 Å². The van der Waals surface area contributed by atoms with Crippen molar-refractivity contribution < 1.29 is 23.4 Å². The van der Waals surface area contributed by atoms with Crippen molar-refractivity contribution in [3.05, 3.63) is 47.9 Å². The number of methoxy groups -OCH3 is 3. The summed E-state index contributed by atoms with van der Waals surface area (Å²) in [6.07, 6.45) is 1.23. The SMILES string of the molecule is COc1ccc(C(=O)NCC(OC)c2ccco2)cc1OC. The van der Waals surface area contributed by atoms with Gasteiger partial charge in [-0.05, 0) is 30.3 Å². The van der Waals surface area contributed by atoms with Crippen molar-refractivity contribution >= 4 is 5.91 Å². The molecule has 1 aromatic heterocycles. The molecule has 0 saturated carbocycles. The number of hydrogen-bond donors (Lipinski definition) is 1. The van der Waals surface area contributed by atoms with Crippen LogP contribution in [-0.2, 0) is 4.74 Å². The predicted octanol–water partition coefficient (Wildman–Crippen LogP) is 2.41. The smallest absolute Gasteiger partial charge is 0.251 e. The molecule has 0 radical (unpaired) electrons. The van der Waals surface area contributed by atoms with Crippen molar-refractivity contribution in [2.45, 2.75) is 6.10 Å². The van der Waals surface area contributed by atoms with Crippen LogP contribution in [0.4, 0.5) is 0 Å². The fraction of sp³-hybridized carbons (Fsp3) is 0.312. The number of hydrogen-bond acceptors (Lipinski definition) is 5. The molecule has 118 valence electrons. The molecule has 6 nitrogen and oxygen atoms in total. The summed E-state index contributed by atoms with van der Waals surface area (Å²) < 4.78 is 20.9. The minimum absolute atomic E-state index is 0.227. The van der Waals surface area contributed by atoms with Gasteiger partial charge in [-0.15, -0.1) is 0 Å². The first-order valence-electron chi connectivity index (χ1n) is 6.76. The van der Waals surface area contributed by atoms with Gasteiger partial charge in [-0.25, -0.2) is 0 Å². The van der Waals surface area contributed by atoms with E-state index < -0.39 is 0 Å². The maximum Gasteiger partial charge on any atom is 0.251 e. The molecule has 1 N–H and O–H groups in total. The minimum Gasteiger partial charge on any atom is -0.493 e. The van der Waals surface area contributed by atoms with Crippen LogP contribution in [-0.4, -0.2) is 33.8 Å². The van der Waals surface area contributed by atoms with E-state index in [4.69, 9.17) is 18.6 Å². The zero-order chi connectivity index (χ0) is 15.9. The maximum atomic E-state index is 12.2. The lowest BCUT2D eigenvalue weighted by Crippen LogP contribution is -2.29. The molecular weight excluding hydrogens is 286 g/mol. The summed E-state index contributed by atoms with van der Waals surface area (Å²) >= 11 is 0. The van der Waals surface area contributed by atoms with Crippen LogP contribution < -0.4 is 14.8 Å². The van der Waals surface area contributed by atoms with Gasteiger partial charge < -0.3 is 23.9 Å². The van der Waals surface area contributed by atoms with Gasteiger partial charge in [0.1, 0.15) is 11.9 Å². The van der Waals surface area contributed by atoms with Gasteiger partial charge in [-0.2, -0.15) is 0 Å². The lowest BCUT2D eigenvalue weighted by Gasteiger charge is -2.14. The number of benzene rings is 1. The minimum atomic E-state index is -0.334. The summed E-state index contributed by atoms with van der Waals surface area (Å²) in [5.74, 6) is 1.51. The van der Waals surface area contributed by atoms with Gasteiger partial charge in [0.15, 0.2) is 11.5 Å². The second kappa shape index (κ2) is 7.51. The normalized spacial score (nSPS) is 11.8. The van der Waals surface area contributed by atoms with E-state index in [0.717, 1.165) is 0 Å². The largest absolute Gasteiger partial charge is 0.493 e. The first-order valence-corrected chi connectivity index (χ1v) is 6.76. The fourth-order valence-electron chi connectivity index (χ4n) is 2.04. The average Bonchev–Trinajstić information content (AvgIpc) is 3.08. The number of rotatable bonds is 7. The third-order valence-corrected chi connectivity index (χ3v) is 3.24. The van der Waals surface area contributed by atoms with E-state index in [1.807, 2.05) is 0 Å². The van der Waals surface area contributed by atoms with Crippen molar-refractivity contribution in [2.24, 2.45) is 0 Å². The van der Waals surface area contributed by atoms with Gasteiger partial charge >= 0.3 is 0 Å². The Morgan fingerprint density at radius 2 is 1.95 bits per heavy atom. The standard InChI is InChI=1S/C16H19NO5/c1-19-12-7-6-11(9-14(12)20-2)16(18)17-10-15(21-3)13-5-4-8-22-13/h4-9,15H,10H2,1-3H3,(H,17,18). The number of amides is 1. The molecule has 0 bridgehead atoms. The van der Waals surface area contributed by atoms with Crippen LogP contribution in [0.15, 0.2) is 41.0 Å².